The molecule has 5 nitrogen and oxygen atoms in total. The van der Waals surface area contributed by atoms with E-state index >= 15 is 0 Å². The molecule has 2 fully saturated rings. The van der Waals surface area contributed by atoms with Crippen LogP contribution in [-0.2, 0) is 0 Å². The SMILES string of the molecule is COc1cc(OC)nc(N2CCC3(CC2)CC3(F)F)n1. The molecule has 1 aliphatic heterocycles. The molecule has 3 rings (SSSR count). The van der Waals surface area contributed by atoms with Crippen LogP contribution in [0.25, 0.3) is 0 Å². The topological polar surface area (TPSA) is 47.5 Å². The third kappa shape index (κ3) is 2.05. The van der Waals surface area contributed by atoms with E-state index in [0.717, 1.165) is 0 Å². The van der Waals surface area contributed by atoms with Crippen molar-refractivity contribution >= 4 is 5.95 Å². The first-order chi connectivity index (χ1) is 9.49. The fourth-order valence-electron chi connectivity index (χ4n) is 2.80. The number of aromatic nitrogens is 2. The van der Waals surface area contributed by atoms with Crippen LogP contribution in [0.15, 0.2) is 6.07 Å². The first-order valence-electron chi connectivity index (χ1n) is 6.59. The van der Waals surface area contributed by atoms with Crippen molar-refractivity contribution in [2.24, 2.45) is 5.41 Å². The molecule has 0 unspecified atom stereocenters. The van der Waals surface area contributed by atoms with Crippen LogP contribution in [0.1, 0.15) is 19.3 Å². The van der Waals surface area contributed by atoms with Gasteiger partial charge in [-0.2, -0.15) is 9.97 Å². The Bertz CT molecular complexity index is 494. The summed E-state index contributed by atoms with van der Waals surface area (Å²) in [6.07, 6.45) is 0.974. The number of hydrogen-bond donors (Lipinski definition) is 0. The molecular formula is C13H17F2N3O2. The summed E-state index contributed by atoms with van der Waals surface area (Å²) in [7, 11) is 3.03. The second kappa shape index (κ2) is 4.43. The number of rotatable bonds is 3. The summed E-state index contributed by atoms with van der Waals surface area (Å²) in [6.45, 7) is 1.07. The Kier molecular flexibility index (Phi) is 2.95. The minimum absolute atomic E-state index is 0.0239. The predicted molar refractivity (Wildman–Crippen MR) is 68.6 cm³/mol. The van der Waals surface area contributed by atoms with Crippen molar-refractivity contribution in [1.82, 2.24) is 9.97 Å². The van der Waals surface area contributed by atoms with E-state index in [2.05, 4.69) is 9.97 Å². The Morgan fingerprint density at radius 3 is 2.00 bits per heavy atom. The number of nitrogens with zero attached hydrogens (tertiary/aromatic N) is 3. The van der Waals surface area contributed by atoms with E-state index in [4.69, 9.17) is 9.47 Å². The molecule has 0 bridgehead atoms. The van der Waals surface area contributed by atoms with Gasteiger partial charge in [0.25, 0.3) is 5.92 Å². The van der Waals surface area contributed by atoms with Gasteiger partial charge in [-0.3, -0.25) is 0 Å². The van der Waals surface area contributed by atoms with Gasteiger partial charge in [0.05, 0.1) is 20.3 Å². The van der Waals surface area contributed by atoms with Gasteiger partial charge >= 0.3 is 0 Å². The quantitative estimate of drug-likeness (QED) is 0.851. The molecule has 1 aromatic heterocycles. The lowest BCUT2D eigenvalue weighted by molar-refractivity contribution is 0.0535. The smallest absolute Gasteiger partial charge is 0.254 e. The summed E-state index contributed by atoms with van der Waals surface area (Å²) in [6, 6.07) is 1.59. The molecule has 7 heteroatoms. The van der Waals surface area contributed by atoms with Crippen molar-refractivity contribution in [1.29, 1.82) is 0 Å². The van der Waals surface area contributed by atoms with E-state index in [9.17, 15) is 8.78 Å². The van der Waals surface area contributed by atoms with E-state index in [1.54, 1.807) is 6.07 Å². The van der Waals surface area contributed by atoms with Crippen LogP contribution in [0, 0.1) is 5.41 Å². The monoisotopic (exact) mass is 285 g/mol. The maximum absolute atomic E-state index is 13.3. The van der Waals surface area contributed by atoms with Crippen LogP contribution in [0.4, 0.5) is 14.7 Å². The lowest BCUT2D eigenvalue weighted by Crippen LogP contribution is -2.37. The highest BCUT2D eigenvalue weighted by Gasteiger charge is 2.70. The minimum Gasteiger partial charge on any atom is -0.481 e. The number of methoxy groups -OCH3 is 2. The molecule has 2 heterocycles. The zero-order chi connectivity index (χ0) is 14.4. The summed E-state index contributed by atoms with van der Waals surface area (Å²) in [5, 5.41) is 0. The number of hydrogen-bond acceptors (Lipinski definition) is 5. The van der Waals surface area contributed by atoms with Crippen molar-refractivity contribution in [2.45, 2.75) is 25.2 Å². The molecule has 0 radical (unpaired) electrons. The Morgan fingerprint density at radius 2 is 1.60 bits per heavy atom. The third-order valence-electron chi connectivity index (χ3n) is 4.30. The average molecular weight is 285 g/mol. The number of anilines is 1. The normalized spacial score (nSPS) is 22.7. The molecule has 0 amide bonds. The van der Waals surface area contributed by atoms with Gasteiger partial charge in [0, 0.05) is 24.9 Å². The Hall–Kier alpha value is -1.66. The highest BCUT2D eigenvalue weighted by atomic mass is 19.3. The molecular weight excluding hydrogens is 268 g/mol. The van der Waals surface area contributed by atoms with E-state index in [-0.39, 0.29) is 6.42 Å². The van der Waals surface area contributed by atoms with E-state index in [1.165, 1.54) is 14.2 Å². The standard InChI is InChI=1S/C13H17F2N3O2/c1-19-9-7-10(20-2)17-11(16-9)18-5-3-12(4-6-18)8-13(12,14)15/h7H,3-6,8H2,1-2H3. The number of ether oxygens (including phenoxy) is 2. The summed E-state index contributed by atoms with van der Waals surface area (Å²) >= 11 is 0. The first kappa shape index (κ1) is 13.3. The highest BCUT2D eigenvalue weighted by molar-refractivity contribution is 5.38. The van der Waals surface area contributed by atoms with Crippen molar-refractivity contribution in [3.05, 3.63) is 6.07 Å². The molecule has 20 heavy (non-hydrogen) atoms. The third-order valence-corrected chi connectivity index (χ3v) is 4.30. The minimum atomic E-state index is -2.48. The molecule has 1 saturated heterocycles. The summed E-state index contributed by atoms with van der Waals surface area (Å²) in [5.74, 6) is -1.20. The van der Waals surface area contributed by atoms with E-state index in [0.29, 0.717) is 43.6 Å². The Morgan fingerprint density at radius 1 is 1.10 bits per heavy atom. The summed E-state index contributed by atoms with van der Waals surface area (Å²) < 4.78 is 36.9. The van der Waals surface area contributed by atoms with Gasteiger partial charge in [0.15, 0.2) is 0 Å². The second-order valence-corrected chi connectivity index (χ2v) is 5.40. The Balaban J connectivity index is 1.75. The van der Waals surface area contributed by atoms with Gasteiger partial charge in [0.2, 0.25) is 17.7 Å². The van der Waals surface area contributed by atoms with Gasteiger partial charge in [-0.15, -0.1) is 0 Å². The van der Waals surface area contributed by atoms with Crippen LogP contribution < -0.4 is 14.4 Å². The molecule has 1 spiro atoms. The predicted octanol–water partition coefficient (Wildman–Crippen LogP) is 2.12. The fraction of sp³-hybridized carbons (Fsp3) is 0.692. The Labute approximate surface area is 115 Å². The first-order valence-corrected chi connectivity index (χ1v) is 6.59. The van der Waals surface area contributed by atoms with Gasteiger partial charge < -0.3 is 14.4 Å². The maximum atomic E-state index is 13.3. The molecule has 1 saturated carbocycles. The van der Waals surface area contributed by atoms with Gasteiger partial charge in [-0.1, -0.05) is 0 Å². The van der Waals surface area contributed by atoms with Crippen LogP contribution in [-0.4, -0.2) is 43.2 Å². The van der Waals surface area contributed by atoms with E-state index in [1.807, 2.05) is 4.90 Å². The number of piperidine rings is 1. The van der Waals surface area contributed by atoms with Crippen molar-refractivity contribution in [3.8, 4) is 11.8 Å². The lowest BCUT2D eigenvalue weighted by Gasteiger charge is -2.32. The van der Waals surface area contributed by atoms with Crippen molar-refractivity contribution < 1.29 is 18.3 Å². The molecule has 0 N–H and O–H groups in total. The average Bonchev–Trinajstić information content (AvgIpc) is 2.99. The molecule has 1 aliphatic carbocycles. The zero-order valence-electron chi connectivity index (χ0n) is 11.5. The van der Waals surface area contributed by atoms with Crippen LogP contribution in [0.2, 0.25) is 0 Å². The number of halogens is 2. The van der Waals surface area contributed by atoms with Gasteiger partial charge in [-0.25, -0.2) is 8.78 Å². The molecule has 0 aromatic carbocycles. The fourth-order valence-corrected chi connectivity index (χ4v) is 2.80. The van der Waals surface area contributed by atoms with Gasteiger partial charge in [0.1, 0.15) is 0 Å². The summed E-state index contributed by atoms with van der Waals surface area (Å²) in [4.78, 5) is 10.4. The van der Waals surface area contributed by atoms with E-state index < -0.39 is 11.3 Å². The highest BCUT2D eigenvalue weighted by Crippen LogP contribution is 2.65. The van der Waals surface area contributed by atoms with Crippen LogP contribution in [0.5, 0.6) is 11.8 Å². The molecule has 0 atom stereocenters. The molecule has 1 aromatic rings. The summed E-state index contributed by atoms with van der Waals surface area (Å²) in [5.41, 5.74) is -0.771. The lowest BCUT2D eigenvalue weighted by atomic mass is 9.93. The zero-order valence-corrected chi connectivity index (χ0v) is 11.5. The van der Waals surface area contributed by atoms with Crippen molar-refractivity contribution in [3.63, 3.8) is 0 Å². The largest absolute Gasteiger partial charge is 0.481 e. The molecule has 2 aliphatic rings. The number of alkyl halides is 2. The van der Waals surface area contributed by atoms with Gasteiger partial charge in [-0.05, 0) is 12.8 Å². The maximum Gasteiger partial charge on any atom is 0.254 e. The second-order valence-electron chi connectivity index (χ2n) is 5.40. The van der Waals surface area contributed by atoms with Crippen molar-refractivity contribution in [2.75, 3.05) is 32.2 Å². The van der Waals surface area contributed by atoms with Crippen LogP contribution >= 0.6 is 0 Å². The molecule has 110 valence electrons. The van der Waals surface area contributed by atoms with Crippen LogP contribution in [0.3, 0.4) is 0 Å².